The molecule has 0 aromatic carbocycles. The summed E-state index contributed by atoms with van der Waals surface area (Å²) < 4.78 is 48.7. The summed E-state index contributed by atoms with van der Waals surface area (Å²) in [5.74, 6) is 0. The lowest BCUT2D eigenvalue weighted by Gasteiger charge is -2.16. The Morgan fingerprint density at radius 3 is 2.38 bits per heavy atom. The van der Waals surface area contributed by atoms with Crippen molar-refractivity contribution in [1.82, 2.24) is 14.5 Å². The topological polar surface area (TPSA) is 66.1 Å². The number of aromatic amines is 1. The Kier molecular flexibility index (Phi) is 3.64. The fourth-order valence-electron chi connectivity index (χ4n) is 1.37. The third kappa shape index (κ3) is 2.38. The Morgan fingerprint density at radius 2 is 2.00 bits per heavy atom. The summed E-state index contributed by atoms with van der Waals surface area (Å²) >= 11 is 0. The van der Waals surface area contributed by atoms with Gasteiger partial charge in [-0.2, -0.15) is 9.40 Å². The lowest BCUT2D eigenvalue weighted by molar-refractivity contribution is 0.126. The maximum absolute atomic E-state index is 12.1. The van der Waals surface area contributed by atoms with E-state index in [-0.39, 0.29) is 10.6 Å². The zero-order chi connectivity index (χ0) is 12.5. The predicted molar refractivity (Wildman–Crippen MR) is 53.9 cm³/mol. The Labute approximate surface area is 92.5 Å². The number of nitrogens with one attached hydrogen (secondary N) is 1. The van der Waals surface area contributed by atoms with Gasteiger partial charge in [0.2, 0.25) is 10.0 Å². The maximum atomic E-state index is 12.1. The van der Waals surface area contributed by atoms with Gasteiger partial charge in [-0.05, 0) is 13.8 Å². The largest absolute Gasteiger partial charge is 0.281 e. The van der Waals surface area contributed by atoms with E-state index in [1.807, 2.05) is 0 Å². The van der Waals surface area contributed by atoms with Gasteiger partial charge in [0.1, 0.15) is 4.90 Å². The lowest BCUT2D eigenvalue weighted by Crippen LogP contribution is -2.32. The van der Waals surface area contributed by atoms with Crippen LogP contribution in [0.1, 0.15) is 11.4 Å². The summed E-state index contributed by atoms with van der Waals surface area (Å²) in [7, 11) is -2.77. The standard InChI is InChI=1S/C8H13F2N3O2S/c1-5-8(6(2)12-11-5)16(14,15)13(3)4-7(9)10/h7H,4H2,1-3H3,(H,11,12). The molecule has 1 rings (SSSR count). The molecule has 0 aliphatic rings. The second-order valence-electron chi connectivity index (χ2n) is 3.44. The molecule has 0 bridgehead atoms. The Morgan fingerprint density at radius 1 is 1.44 bits per heavy atom. The number of rotatable bonds is 4. The highest BCUT2D eigenvalue weighted by molar-refractivity contribution is 7.89. The van der Waals surface area contributed by atoms with E-state index in [1.165, 1.54) is 13.8 Å². The average Bonchev–Trinajstić information content (AvgIpc) is 2.45. The van der Waals surface area contributed by atoms with Gasteiger partial charge in [-0.1, -0.05) is 0 Å². The Bertz CT molecular complexity index is 450. The SMILES string of the molecule is Cc1n[nH]c(C)c1S(=O)(=O)N(C)CC(F)F. The van der Waals surface area contributed by atoms with Crippen molar-refractivity contribution in [2.75, 3.05) is 13.6 Å². The monoisotopic (exact) mass is 253 g/mol. The molecule has 8 heteroatoms. The molecule has 1 aromatic rings. The number of halogens is 2. The molecule has 0 spiro atoms. The van der Waals surface area contributed by atoms with Crippen LogP contribution in [0.3, 0.4) is 0 Å². The number of aromatic nitrogens is 2. The van der Waals surface area contributed by atoms with Crippen LogP contribution in [0.2, 0.25) is 0 Å². The Balaban J connectivity index is 3.12. The number of sulfonamides is 1. The number of H-pyrrole nitrogens is 1. The molecule has 0 aliphatic carbocycles. The minimum atomic E-state index is -3.89. The molecular formula is C8H13F2N3O2S. The molecule has 5 nitrogen and oxygen atoms in total. The van der Waals surface area contributed by atoms with E-state index >= 15 is 0 Å². The second kappa shape index (κ2) is 4.46. The van der Waals surface area contributed by atoms with Crippen molar-refractivity contribution in [2.45, 2.75) is 25.2 Å². The number of nitrogens with zero attached hydrogens (tertiary/aromatic N) is 2. The van der Waals surface area contributed by atoms with E-state index < -0.39 is 23.0 Å². The second-order valence-corrected chi connectivity index (χ2v) is 5.42. The zero-order valence-corrected chi connectivity index (χ0v) is 9.98. The normalized spacial score (nSPS) is 12.7. The predicted octanol–water partition coefficient (Wildman–Crippen LogP) is 0.912. The van der Waals surface area contributed by atoms with E-state index in [9.17, 15) is 17.2 Å². The van der Waals surface area contributed by atoms with E-state index in [0.29, 0.717) is 10.00 Å². The molecule has 0 fully saturated rings. The van der Waals surface area contributed by atoms with Crippen LogP contribution in [0.5, 0.6) is 0 Å². The van der Waals surface area contributed by atoms with Crippen molar-refractivity contribution in [2.24, 2.45) is 0 Å². The van der Waals surface area contributed by atoms with Crippen LogP contribution in [0.15, 0.2) is 4.90 Å². The minimum absolute atomic E-state index is 0.0318. The van der Waals surface area contributed by atoms with Gasteiger partial charge in [-0.3, -0.25) is 5.10 Å². The van der Waals surface area contributed by atoms with Crippen LogP contribution >= 0.6 is 0 Å². The van der Waals surface area contributed by atoms with Crippen molar-refractivity contribution in [3.63, 3.8) is 0 Å². The van der Waals surface area contributed by atoms with Gasteiger partial charge in [0, 0.05) is 7.05 Å². The minimum Gasteiger partial charge on any atom is -0.281 e. The van der Waals surface area contributed by atoms with Crippen LogP contribution in [0, 0.1) is 13.8 Å². The highest BCUT2D eigenvalue weighted by Crippen LogP contribution is 2.20. The van der Waals surface area contributed by atoms with Crippen LogP contribution in [0.25, 0.3) is 0 Å². The van der Waals surface area contributed by atoms with Gasteiger partial charge in [0.25, 0.3) is 6.43 Å². The highest BCUT2D eigenvalue weighted by Gasteiger charge is 2.28. The molecule has 1 heterocycles. The average molecular weight is 253 g/mol. The molecule has 0 unspecified atom stereocenters. The first kappa shape index (κ1) is 13.0. The quantitative estimate of drug-likeness (QED) is 0.867. The fourth-order valence-corrected chi connectivity index (χ4v) is 2.84. The van der Waals surface area contributed by atoms with Crippen molar-refractivity contribution in [3.8, 4) is 0 Å². The third-order valence-electron chi connectivity index (χ3n) is 2.12. The van der Waals surface area contributed by atoms with Gasteiger partial charge in [0.05, 0.1) is 17.9 Å². The summed E-state index contributed by atoms with van der Waals surface area (Å²) in [5.41, 5.74) is 0.622. The molecule has 1 N–H and O–H groups in total. The van der Waals surface area contributed by atoms with Crippen LogP contribution < -0.4 is 0 Å². The highest BCUT2D eigenvalue weighted by atomic mass is 32.2. The van der Waals surface area contributed by atoms with E-state index in [4.69, 9.17) is 0 Å². The van der Waals surface area contributed by atoms with Gasteiger partial charge in [0.15, 0.2) is 0 Å². The number of hydrogen-bond acceptors (Lipinski definition) is 3. The first-order valence-corrected chi connectivity index (χ1v) is 5.97. The van der Waals surface area contributed by atoms with Crippen molar-refractivity contribution >= 4 is 10.0 Å². The van der Waals surface area contributed by atoms with E-state index in [1.54, 1.807) is 0 Å². The van der Waals surface area contributed by atoms with Crippen molar-refractivity contribution < 1.29 is 17.2 Å². The fraction of sp³-hybridized carbons (Fsp3) is 0.625. The molecule has 92 valence electrons. The first-order valence-electron chi connectivity index (χ1n) is 4.53. The lowest BCUT2D eigenvalue weighted by atomic mass is 10.4. The van der Waals surface area contributed by atoms with Gasteiger partial charge in [-0.15, -0.1) is 0 Å². The third-order valence-corrected chi connectivity index (χ3v) is 4.21. The van der Waals surface area contributed by atoms with Gasteiger partial charge >= 0.3 is 0 Å². The molecule has 0 saturated carbocycles. The summed E-state index contributed by atoms with van der Waals surface area (Å²) in [6.07, 6.45) is -2.70. The molecule has 0 radical (unpaired) electrons. The molecule has 0 aliphatic heterocycles. The van der Waals surface area contributed by atoms with Gasteiger partial charge in [-0.25, -0.2) is 17.2 Å². The molecule has 0 saturated heterocycles. The van der Waals surface area contributed by atoms with Gasteiger partial charge < -0.3 is 0 Å². The number of alkyl halides is 2. The first-order chi connectivity index (χ1) is 7.26. The van der Waals surface area contributed by atoms with Crippen LogP contribution in [-0.4, -0.2) is 42.9 Å². The number of aryl methyl sites for hydroxylation is 2. The smallest absolute Gasteiger partial charge is 0.252 e. The van der Waals surface area contributed by atoms with E-state index in [0.717, 1.165) is 7.05 Å². The molecular weight excluding hydrogens is 240 g/mol. The van der Waals surface area contributed by atoms with Crippen LogP contribution in [0.4, 0.5) is 8.78 Å². The summed E-state index contributed by atoms with van der Waals surface area (Å²) in [4.78, 5) is -0.0318. The molecule has 16 heavy (non-hydrogen) atoms. The molecule has 0 atom stereocenters. The molecule has 0 amide bonds. The van der Waals surface area contributed by atoms with Crippen molar-refractivity contribution in [3.05, 3.63) is 11.4 Å². The summed E-state index contributed by atoms with van der Waals surface area (Å²) in [6.45, 7) is 2.21. The summed E-state index contributed by atoms with van der Waals surface area (Å²) in [5, 5.41) is 6.23. The van der Waals surface area contributed by atoms with Crippen molar-refractivity contribution in [1.29, 1.82) is 0 Å². The van der Waals surface area contributed by atoms with E-state index in [2.05, 4.69) is 10.2 Å². The zero-order valence-electron chi connectivity index (χ0n) is 9.16. The summed E-state index contributed by atoms with van der Waals surface area (Å²) in [6, 6.07) is 0. The Hall–Kier alpha value is -1.02. The number of hydrogen-bond donors (Lipinski definition) is 1. The van der Waals surface area contributed by atoms with Crippen LogP contribution in [-0.2, 0) is 10.0 Å². The molecule has 1 aromatic heterocycles. The maximum Gasteiger partial charge on any atom is 0.252 e.